The summed E-state index contributed by atoms with van der Waals surface area (Å²) in [7, 11) is -3.53. The zero-order chi connectivity index (χ0) is 29.3. The van der Waals surface area contributed by atoms with Crippen LogP contribution in [0, 0.1) is 5.92 Å². The van der Waals surface area contributed by atoms with Crippen LogP contribution in [0.3, 0.4) is 0 Å². The Bertz CT molecular complexity index is 1020. The van der Waals surface area contributed by atoms with Crippen molar-refractivity contribution in [1.29, 1.82) is 0 Å². The van der Waals surface area contributed by atoms with Crippen LogP contribution in [0.15, 0.2) is 65.3 Å². The number of hydrogen-bond donors (Lipinski definition) is 2. The van der Waals surface area contributed by atoms with Crippen molar-refractivity contribution in [2.45, 2.75) is 86.1 Å². The Labute approximate surface area is 235 Å². The van der Waals surface area contributed by atoms with E-state index in [-0.39, 0.29) is 25.8 Å². The molecule has 1 aromatic rings. The first-order valence-electron chi connectivity index (χ1n) is 13.9. The van der Waals surface area contributed by atoms with Crippen LogP contribution in [0.5, 0.6) is 0 Å². The highest BCUT2D eigenvalue weighted by Crippen LogP contribution is 2.50. The SMILES string of the molecule is CCOP(=O)(CC(C/C=C(\C)CC/C=C(\C)CCC=C(C)C)C(=O)N[C@@H](Cc1ccccc1)C(=O)O)OCC. The fraction of sp³-hybridized carbons (Fsp3) is 0.548. The number of aliphatic carboxylic acids is 1. The first-order valence-corrected chi connectivity index (χ1v) is 15.6. The molecule has 0 spiro atoms. The molecule has 1 rings (SSSR count). The first kappa shape index (κ1) is 34.6. The van der Waals surface area contributed by atoms with Crippen molar-refractivity contribution >= 4 is 19.5 Å². The number of carboxylic acid groups (broad SMARTS) is 1. The van der Waals surface area contributed by atoms with E-state index in [0.29, 0.717) is 6.42 Å². The minimum absolute atomic E-state index is 0.120. The van der Waals surface area contributed by atoms with Crippen molar-refractivity contribution in [2.24, 2.45) is 5.92 Å². The smallest absolute Gasteiger partial charge is 0.331 e. The Morgan fingerprint density at radius 1 is 0.923 bits per heavy atom. The average molecular weight is 562 g/mol. The van der Waals surface area contributed by atoms with Gasteiger partial charge in [-0.1, -0.05) is 65.3 Å². The van der Waals surface area contributed by atoms with Gasteiger partial charge in [0.15, 0.2) is 0 Å². The molecule has 2 N–H and O–H groups in total. The van der Waals surface area contributed by atoms with E-state index in [2.05, 4.69) is 38.2 Å². The molecule has 0 fully saturated rings. The topological polar surface area (TPSA) is 102 Å². The number of benzene rings is 1. The second-order valence-corrected chi connectivity index (χ2v) is 12.2. The van der Waals surface area contributed by atoms with Crippen LogP contribution in [-0.2, 0) is 29.6 Å². The predicted octanol–water partition coefficient (Wildman–Crippen LogP) is 7.49. The molecule has 2 atom stereocenters. The maximum Gasteiger partial charge on any atom is 0.331 e. The molecule has 0 saturated heterocycles. The van der Waals surface area contributed by atoms with E-state index in [0.717, 1.165) is 36.8 Å². The zero-order valence-corrected chi connectivity index (χ0v) is 25.5. The molecule has 218 valence electrons. The largest absolute Gasteiger partial charge is 0.480 e. The summed E-state index contributed by atoms with van der Waals surface area (Å²) in [4.78, 5) is 25.3. The average Bonchev–Trinajstić information content (AvgIpc) is 2.86. The number of allylic oxidation sites excluding steroid dienone is 6. The number of carboxylic acids is 1. The molecule has 0 bridgehead atoms. The summed E-state index contributed by atoms with van der Waals surface area (Å²) in [5, 5.41) is 12.4. The molecule has 0 aliphatic rings. The standard InChI is InChI=1S/C31H48NO6P/c1-7-37-39(36,38-8-2)23-28(21-20-26(6)17-13-16-25(5)15-12-14-24(3)4)30(33)32-29(31(34)35)22-27-18-10-9-11-19-27/h9-11,14,16,18-20,28-29H,7-8,12-13,15,17,21-23H2,1-6H3,(H,32,33)(H,34,35)/b25-16+,26-20+/t28?,29-/m0/s1. The van der Waals surface area contributed by atoms with E-state index in [1.807, 2.05) is 43.3 Å². The minimum Gasteiger partial charge on any atom is -0.480 e. The van der Waals surface area contributed by atoms with E-state index in [1.54, 1.807) is 13.8 Å². The fourth-order valence-electron chi connectivity index (χ4n) is 4.09. The molecular formula is C31H48NO6P. The summed E-state index contributed by atoms with van der Waals surface area (Å²) in [6.45, 7) is 12.2. The van der Waals surface area contributed by atoms with Gasteiger partial charge in [0.05, 0.1) is 25.3 Å². The van der Waals surface area contributed by atoms with Crippen LogP contribution in [0.1, 0.15) is 79.2 Å². The van der Waals surface area contributed by atoms with Gasteiger partial charge < -0.3 is 19.5 Å². The number of carbonyl (C=O) groups excluding carboxylic acids is 1. The second-order valence-electron chi connectivity index (χ2n) is 10.1. The van der Waals surface area contributed by atoms with E-state index < -0.39 is 31.4 Å². The summed E-state index contributed by atoms with van der Waals surface area (Å²) in [6, 6.07) is 8.04. The minimum atomic E-state index is -3.53. The molecule has 0 radical (unpaired) electrons. The van der Waals surface area contributed by atoms with Gasteiger partial charge in [-0.2, -0.15) is 0 Å². The van der Waals surface area contributed by atoms with Crippen molar-refractivity contribution in [1.82, 2.24) is 5.32 Å². The number of amides is 1. The maximum atomic E-state index is 13.3. The zero-order valence-electron chi connectivity index (χ0n) is 24.6. The Balaban J connectivity index is 2.98. The van der Waals surface area contributed by atoms with Crippen LogP contribution < -0.4 is 5.32 Å². The highest BCUT2D eigenvalue weighted by Gasteiger charge is 2.33. The molecule has 0 aromatic heterocycles. The van der Waals surface area contributed by atoms with Gasteiger partial charge in [0.2, 0.25) is 5.91 Å². The van der Waals surface area contributed by atoms with Gasteiger partial charge in [0, 0.05) is 6.42 Å². The van der Waals surface area contributed by atoms with E-state index in [1.165, 1.54) is 11.1 Å². The second kappa shape index (κ2) is 18.8. The summed E-state index contributed by atoms with van der Waals surface area (Å²) in [5.41, 5.74) is 4.59. The molecule has 39 heavy (non-hydrogen) atoms. The maximum absolute atomic E-state index is 13.3. The monoisotopic (exact) mass is 561 g/mol. The highest BCUT2D eigenvalue weighted by atomic mass is 31.2. The van der Waals surface area contributed by atoms with Crippen LogP contribution in [-0.4, -0.2) is 42.4 Å². The van der Waals surface area contributed by atoms with Crippen LogP contribution >= 0.6 is 7.60 Å². The lowest BCUT2D eigenvalue weighted by atomic mass is 10.0. The molecular weight excluding hydrogens is 513 g/mol. The number of nitrogens with one attached hydrogen (secondary N) is 1. The summed E-state index contributed by atoms with van der Waals surface area (Å²) < 4.78 is 24.2. The van der Waals surface area contributed by atoms with Gasteiger partial charge >= 0.3 is 13.6 Å². The van der Waals surface area contributed by atoms with Crippen LogP contribution in [0.4, 0.5) is 0 Å². The summed E-state index contributed by atoms with van der Waals surface area (Å²) >= 11 is 0. The van der Waals surface area contributed by atoms with E-state index in [4.69, 9.17) is 9.05 Å². The van der Waals surface area contributed by atoms with Gasteiger partial charge in [-0.15, -0.1) is 0 Å². The first-order chi connectivity index (χ1) is 18.5. The molecule has 0 heterocycles. The lowest BCUT2D eigenvalue weighted by Crippen LogP contribution is -2.45. The highest BCUT2D eigenvalue weighted by molar-refractivity contribution is 7.53. The molecule has 1 unspecified atom stereocenters. The molecule has 0 aliphatic carbocycles. The fourth-order valence-corrected chi connectivity index (χ4v) is 6.02. The van der Waals surface area contributed by atoms with Crippen molar-refractivity contribution in [2.75, 3.05) is 19.4 Å². The quantitative estimate of drug-likeness (QED) is 0.134. The lowest BCUT2D eigenvalue weighted by Gasteiger charge is -2.24. The van der Waals surface area contributed by atoms with E-state index in [9.17, 15) is 19.3 Å². The van der Waals surface area contributed by atoms with Gasteiger partial charge in [0.25, 0.3) is 0 Å². The summed E-state index contributed by atoms with van der Waals surface area (Å²) in [5.74, 6) is -2.36. The van der Waals surface area contributed by atoms with Crippen molar-refractivity contribution in [3.05, 3.63) is 70.8 Å². The molecule has 7 nitrogen and oxygen atoms in total. The van der Waals surface area contributed by atoms with Crippen molar-refractivity contribution in [3.63, 3.8) is 0 Å². The third-order valence-electron chi connectivity index (χ3n) is 6.24. The predicted molar refractivity (Wildman–Crippen MR) is 159 cm³/mol. The van der Waals surface area contributed by atoms with Gasteiger partial charge in [-0.05, 0) is 79.2 Å². The third kappa shape index (κ3) is 15.0. The Kier molecular flexibility index (Phi) is 16.6. The van der Waals surface area contributed by atoms with Crippen molar-refractivity contribution < 1.29 is 28.3 Å². The normalized spacial score (nSPS) is 14.0. The molecule has 1 amide bonds. The number of carbonyl (C=O) groups is 2. The summed E-state index contributed by atoms with van der Waals surface area (Å²) in [6.07, 6.45) is 10.6. The van der Waals surface area contributed by atoms with Gasteiger partial charge in [-0.25, -0.2) is 4.79 Å². The Morgan fingerprint density at radius 3 is 2.03 bits per heavy atom. The van der Waals surface area contributed by atoms with Crippen LogP contribution in [0.25, 0.3) is 0 Å². The van der Waals surface area contributed by atoms with Crippen LogP contribution in [0.2, 0.25) is 0 Å². The third-order valence-corrected chi connectivity index (χ3v) is 8.43. The number of hydrogen-bond acceptors (Lipinski definition) is 5. The Morgan fingerprint density at radius 2 is 1.49 bits per heavy atom. The molecule has 8 heteroatoms. The van der Waals surface area contributed by atoms with E-state index >= 15 is 0 Å². The van der Waals surface area contributed by atoms with Crippen molar-refractivity contribution in [3.8, 4) is 0 Å². The number of rotatable bonds is 19. The Hall–Kier alpha value is -2.47. The lowest BCUT2D eigenvalue weighted by molar-refractivity contribution is -0.142. The van der Waals surface area contributed by atoms with Gasteiger partial charge in [-0.3, -0.25) is 9.36 Å². The molecule has 0 aliphatic heterocycles. The molecule has 1 aromatic carbocycles. The van der Waals surface area contributed by atoms with Gasteiger partial charge in [0.1, 0.15) is 6.04 Å². The molecule has 0 saturated carbocycles.